The van der Waals surface area contributed by atoms with Crippen molar-refractivity contribution < 1.29 is 0 Å². The van der Waals surface area contributed by atoms with Crippen LogP contribution in [0.25, 0.3) is 27.9 Å². The maximum absolute atomic E-state index is 11.7. The second kappa shape index (κ2) is 3.52. The van der Waals surface area contributed by atoms with E-state index in [0.29, 0.717) is 16.9 Å². The Hall–Kier alpha value is -2.96. The van der Waals surface area contributed by atoms with E-state index in [1.54, 1.807) is 23.0 Å². The van der Waals surface area contributed by atoms with Crippen LogP contribution in [-0.2, 0) is 0 Å². The fourth-order valence-electron chi connectivity index (χ4n) is 2.18. The molecule has 0 radical (unpaired) electrons. The molecule has 0 saturated heterocycles. The molecule has 7 nitrogen and oxygen atoms in total. The molecular weight excluding hydrogens is 244 g/mol. The number of aromatic amines is 2. The number of hydrogen-bond donors (Lipinski definition) is 2. The Bertz CT molecular complexity index is 947. The van der Waals surface area contributed by atoms with Gasteiger partial charge in [-0.3, -0.25) is 9.36 Å². The molecule has 4 aromatic heterocycles. The third-order valence-electron chi connectivity index (χ3n) is 3.05. The maximum atomic E-state index is 11.7. The largest absolute Gasteiger partial charge is 0.346 e. The summed E-state index contributed by atoms with van der Waals surface area (Å²) in [6, 6.07) is 3.62. The van der Waals surface area contributed by atoms with Gasteiger partial charge in [0.1, 0.15) is 12.0 Å². The molecule has 0 aliphatic rings. The first kappa shape index (κ1) is 10.0. The van der Waals surface area contributed by atoms with Crippen molar-refractivity contribution in [2.24, 2.45) is 0 Å². The topological polar surface area (TPSA) is 92.2 Å². The summed E-state index contributed by atoms with van der Waals surface area (Å²) >= 11 is 0. The van der Waals surface area contributed by atoms with Crippen LogP contribution in [0.2, 0.25) is 0 Å². The predicted molar refractivity (Wildman–Crippen MR) is 69.1 cm³/mol. The van der Waals surface area contributed by atoms with Crippen LogP contribution in [-0.4, -0.2) is 29.5 Å². The number of nitrogens with zero attached hydrogens (tertiary/aromatic N) is 4. The lowest BCUT2D eigenvalue weighted by Gasteiger charge is -2.04. The average Bonchev–Trinajstić information content (AvgIpc) is 3.05. The highest BCUT2D eigenvalue weighted by Crippen LogP contribution is 2.20. The fourth-order valence-corrected chi connectivity index (χ4v) is 2.18. The van der Waals surface area contributed by atoms with E-state index in [1.807, 2.05) is 6.07 Å². The molecule has 0 amide bonds. The quantitative estimate of drug-likeness (QED) is 0.528. The number of rotatable bonds is 1. The molecule has 0 bridgehead atoms. The highest BCUT2D eigenvalue weighted by atomic mass is 16.1. The molecule has 2 N–H and O–H groups in total. The Morgan fingerprint density at radius 1 is 1.05 bits per heavy atom. The Morgan fingerprint density at radius 3 is 2.95 bits per heavy atom. The van der Waals surface area contributed by atoms with Gasteiger partial charge in [0.05, 0.1) is 17.1 Å². The van der Waals surface area contributed by atoms with Gasteiger partial charge in [-0.05, 0) is 12.1 Å². The molecule has 0 aliphatic carbocycles. The van der Waals surface area contributed by atoms with Gasteiger partial charge in [0.2, 0.25) is 0 Å². The van der Waals surface area contributed by atoms with Crippen molar-refractivity contribution in [1.82, 2.24) is 29.5 Å². The lowest BCUT2D eigenvalue weighted by molar-refractivity contribution is 1.01. The summed E-state index contributed by atoms with van der Waals surface area (Å²) in [5.74, 6) is 0.694. The van der Waals surface area contributed by atoms with Crippen molar-refractivity contribution in [2.45, 2.75) is 0 Å². The monoisotopic (exact) mass is 252 g/mol. The van der Waals surface area contributed by atoms with Gasteiger partial charge >= 0.3 is 0 Å². The SMILES string of the molecule is O=c1[nH]cnc2c1ccn2-c1ncnc2[nH]ccc12. The molecule has 0 aliphatic heterocycles. The van der Waals surface area contributed by atoms with E-state index in [2.05, 4.69) is 24.9 Å². The summed E-state index contributed by atoms with van der Waals surface area (Å²) < 4.78 is 1.78. The zero-order chi connectivity index (χ0) is 12.8. The summed E-state index contributed by atoms with van der Waals surface area (Å²) in [7, 11) is 0. The number of fused-ring (bicyclic) bond motifs is 2. The lowest BCUT2D eigenvalue weighted by Crippen LogP contribution is -2.07. The van der Waals surface area contributed by atoms with Crippen LogP contribution >= 0.6 is 0 Å². The normalized spacial score (nSPS) is 11.4. The second-order valence-corrected chi connectivity index (χ2v) is 4.09. The molecule has 0 unspecified atom stereocenters. The second-order valence-electron chi connectivity index (χ2n) is 4.09. The minimum Gasteiger partial charge on any atom is -0.346 e. The van der Waals surface area contributed by atoms with Crippen LogP contribution in [0.1, 0.15) is 0 Å². The van der Waals surface area contributed by atoms with Crippen LogP contribution in [0, 0.1) is 0 Å². The highest BCUT2D eigenvalue weighted by molar-refractivity contribution is 5.86. The van der Waals surface area contributed by atoms with E-state index >= 15 is 0 Å². The Morgan fingerprint density at radius 2 is 2.00 bits per heavy atom. The Labute approximate surface area is 106 Å². The third-order valence-corrected chi connectivity index (χ3v) is 3.05. The molecule has 0 saturated carbocycles. The van der Waals surface area contributed by atoms with Crippen molar-refractivity contribution in [1.29, 1.82) is 0 Å². The first-order valence-corrected chi connectivity index (χ1v) is 5.68. The van der Waals surface area contributed by atoms with Gasteiger partial charge in [-0.25, -0.2) is 15.0 Å². The number of H-pyrrole nitrogens is 2. The lowest BCUT2D eigenvalue weighted by atomic mass is 10.3. The first-order chi connectivity index (χ1) is 9.34. The van der Waals surface area contributed by atoms with E-state index in [-0.39, 0.29) is 5.56 Å². The molecule has 4 heterocycles. The molecule has 0 atom stereocenters. The number of aromatic nitrogens is 6. The standard InChI is InChI=1S/C12H8N6O/c19-12-8-2-4-18(11(8)16-6-17-12)10-7-1-3-13-9(7)14-5-15-10/h1-6H,(H,13,14,15)(H,16,17,19). The van der Waals surface area contributed by atoms with Crippen LogP contribution in [0.5, 0.6) is 0 Å². The van der Waals surface area contributed by atoms with E-state index < -0.39 is 0 Å². The molecular formula is C12H8N6O. The first-order valence-electron chi connectivity index (χ1n) is 5.68. The summed E-state index contributed by atoms with van der Waals surface area (Å²) in [4.78, 5) is 29.9. The minimum absolute atomic E-state index is 0.164. The summed E-state index contributed by atoms with van der Waals surface area (Å²) in [5, 5.41) is 1.41. The highest BCUT2D eigenvalue weighted by Gasteiger charge is 2.11. The summed E-state index contributed by atoms with van der Waals surface area (Å²) in [6.45, 7) is 0. The molecule has 4 aromatic rings. The van der Waals surface area contributed by atoms with Gasteiger partial charge < -0.3 is 9.97 Å². The number of nitrogens with one attached hydrogen (secondary N) is 2. The zero-order valence-corrected chi connectivity index (χ0v) is 9.66. The molecule has 92 valence electrons. The Kier molecular flexibility index (Phi) is 1.85. The van der Waals surface area contributed by atoms with Crippen molar-refractivity contribution in [2.75, 3.05) is 0 Å². The molecule has 0 aromatic carbocycles. The zero-order valence-electron chi connectivity index (χ0n) is 9.66. The average molecular weight is 252 g/mol. The fraction of sp³-hybridized carbons (Fsp3) is 0. The van der Waals surface area contributed by atoms with E-state index in [4.69, 9.17) is 0 Å². The molecule has 0 spiro atoms. The van der Waals surface area contributed by atoms with E-state index in [1.165, 1.54) is 12.7 Å². The Balaban J connectivity index is 2.13. The summed E-state index contributed by atoms with van der Waals surface area (Å²) in [6.07, 6.45) is 6.44. The number of hydrogen-bond acceptors (Lipinski definition) is 4. The molecule has 0 fully saturated rings. The summed E-state index contributed by atoms with van der Waals surface area (Å²) in [5.41, 5.74) is 1.16. The molecule has 4 rings (SSSR count). The van der Waals surface area contributed by atoms with Crippen LogP contribution < -0.4 is 5.56 Å². The smallest absolute Gasteiger partial charge is 0.260 e. The van der Waals surface area contributed by atoms with Crippen LogP contribution in [0.3, 0.4) is 0 Å². The molecule has 19 heavy (non-hydrogen) atoms. The van der Waals surface area contributed by atoms with Gasteiger partial charge in [0.25, 0.3) is 5.56 Å². The van der Waals surface area contributed by atoms with Crippen molar-refractivity contribution in [3.63, 3.8) is 0 Å². The van der Waals surface area contributed by atoms with Crippen molar-refractivity contribution in [3.8, 4) is 5.82 Å². The van der Waals surface area contributed by atoms with Crippen LogP contribution in [0.15, 0.2) is 42.0 Å². The minimum atomic E-state index is -0.164. The molecule has 7 heteroatoms. The van der Waals surface area contributed by atoms with E-state index in [0.717, 1.165) is 11.0 Å². The van der Waals surface area contributed by atoms with Gasteiger partial charge in [-0.15, -0.1) is 0 Å². The van der Waals surface area contributed by atoms with Gasteiger partial charge in [0.15, 0.2) is 11.5 Å². The predicted octanol–water partition coefficient (Wildman–Crippen LogP) is 0.985. The van der Waals surface area contributed by atoms with Gasteiger partial charge in [0, 0.05) is 12.4 Å². The van der Waals surface area contributed by atoms with E-state index in [9.17, 15) is 4.79 Å². The van der Waals surface area contributed by atoms with Crippen LogP contribution in [0.4, 0.5) is 0 Å². The van der Waals surface area contributed by atoms with Gasteiger partial charge in [-0.2, -0.15) is 0 Å². The maximum Gasteiger partial charge on any atom is 0.260 e. The van der Waals surface area contributed by atoms with Gasteiger partial charge in [-0.1, -0.05) is 0 Å². The third kappa shape index (κ3) is 1.32. The van der Waals surface area contributed by atoms with Crippen molar-refractivity contribution >= 4 is 22.1 Å². The van der Waals surface area contributed by atoms with Crippen molar-refractivity contribution in [3.05, 3.63) is 47.5 Å².